The average Bonchev–Trinajstić information content (AvgIpc) is 2.44. The van der Waals surface area contributed by atoms with Crippen LogP contribution >= 0.6 is 11.6 Å². The monoisotopic (exact) mass is 309 g/mol. The molecule has 1 saturated heterocycles. The van der Waals surface area contributed by atoms with E-state index >= 15 is 0 Å². The lowest BCUT2D eigenvalue weighted by molar-refractivity contribution is -0.130. The lowest BCUT2D eigenvalue weighted by Gasteiger charge is -2.33. The molecule has 6 heteroatoms. The fourth-order valence-electron chi connectivity index (χ4n) is 2.51. The Morgan fingerprint density at radius 3 is 3.00 bits per heavy atom. The second-order valence-electron chi connectivity index (χ2n) is 5.15. The Morgan fingerprint density at radius 2 is 2.29 bits per heavy atom. The van der Waals surface area contributed by atoms with Gasteiger partial charge >= 0.3 is 0 Å². The Hall–Kier alpha value is -1.59. The van der Waals surface area contributed by atoms with Gasteiger partial charge in [0, 0.05) is 23.8 Å². The number of hydrogen-bond acceptors (Lipinski definition) is 3. The third-order valence-corrected chi connectivity index (χ3v) is 4.13. The van der Waals surface area contributed by atoms with Crippen LogP contribution in [0.5, 0.6) is 0 Å². The first-order valence-corrected chi connectivity index (χ1v) is 7.47. The SMILES string of the molecule is CCC1C(=O)NCCN1CC(=O)Nc1cccc(Cl)c1C. The predicted octanol–water partition coefficient (Wildman–Crippen LogP) is 1.80. The Balaban J connectivity index is 2.01. The number of anilines is 1. The van der Waals surface area contributed by atoms with Crippen molar-refractivity contribution in [2.24, 2.45) is 0 Å². The normalized spacial score (nSPS) is 19.2. The second-order valence-corrected chi connectivity index (χ2v) is 5.55. The van der Waals surface area contributed by atoms with Crippen molar-refractivity contribution in [2.45, 2.75) is 26.3 Å². The highest BCUT2D eigenvalue weighted by atomic mass is 35.5. The minimum atomic E-state index is -0.232. The van der Waals surface area contributed by atoms with Crippen LogP contribution in [0.2, 0.25) is 5.02 Å². The standard InChI is InChI=1S/C15H20ClN3O2/c1-3-13-15(21)17-7-8-19(13)9-14(20)18-12-6-4-5-11(16)10(12)2/h4-6,13H,3,7-9H2,1-2H3,(H,17,21)(H,18,20). The van der Waals surface area contributed by atoms with Crippen molar-refractivity contribution in [2.75, 3.05) is 25.0 Å². The van der Waals surface area contributed by atoms with Crippen LogP contribution in [0.1, 0.15) is 18.9 Å². The molecule has 1 heterocycles. The summed E-state index contributed by atoms with van der Waals surface area (Å²) in [6, 6.07) is 5.17. The van der Waals surface area contributed by atoms with E-state index in [1.54, 1.807) is 12.1 Å². The molecular weight excluding hydrogens is 290 g/mol. The molecule has 5 nitrogen and oxygen atoms in total. The molecule has 114 valence electrons. The first kappa shape index (κ1) is 15.8. The van der Waals surface area contributed by atoms with Gasteiger partial charge in [-0.05, 0) is 31.0 Å². The minimum Gasteiger partial charge on any atom is -0.353 e. The van der Waals surface area contributed by atoms with E-state index in [1.807, 2.05) is 24.8 Å². The zero-order chi connectivity index (χ0) is 15.4. The van der Waals surface area contributed by atoms with Crippen LogP contribution in [0.15, 0.2) is 18.2 Å². The Kier molecular flexibility index (Phi) is 5.20. The van der Waals surface area contributed by atoms with Crippen LogP contribution in [0.25, 0.3) is 0 Å². The molecule has 2 rings (SSSR count). The fraction of sp³-hybridized carbons (Fsp3) is 0.467. The van der Waals surface area contributed by atoms with E-state index < -0.39 is 0 Å². The van der Waals surface area contributed by atoms with Gasteiger partial charge in [0.1, 0.15) is 0 Å². The van der Waals surface area contributed by atoms with Crippen molar-refractivity contribution in [1.82, 2.24) is 10.2 Å². The first-order chi connectivity index (χ1) is 10.0. The molecule has 1 aromatic rings. The number of carbonyl (C=O) groups excluding carboxylic acids is 2. The lowest BCUT2D eigenvalue weighted by Crippen LogP contribution is -2.56. The van der Waals surface area contributed by atoms with Crippen molar-refractivity contribution < 1.29 is 9.59 Å². The third kappa shape index (κ3) is 3.74. The first-order valence-electron chi connectivity index (χ1n) is 7.09. The average molecular weight is 310 g/mol. The summed E-state index contributed by atoms with van der Waals surface area (Å²) in [6.07, 6.45) is 0.690. The van der Waals surface area contributed by atoms with Gasteiger partial charge in [-0.15, -0.1) is 0 Å². The van der Waals surface area contributed by atoms with E-state index in [0.717, 1.165) is 5.56 Å². The summed E-state index contributed by atoms with van der Waals surface area (Å²) >= 11 is 6.04. The highest BCUT2D eigenvalue weighted by molar-refractivity contribution is 6.31. The molecule has 1 aliphatic rings. The van der Waals surface area contributed by atoms with Crippen LogP contribution in [-0.2, 0) is 9.59 Å². The van der Waals surface area contributed by atoms with E-state index in [0.29, 0.717) is 30.2 Å². The van der Waals surface area contributed by atoms with Gasteiger partial charge in [0.05, 0.1) is 12.6 Å². The topological polar surface area (TPSA) is 61.4 Å². The van der Waals surface area contributed by atoms with Gasteiger partial charge in [-0.1, -0.05) is 24.6 Å². The maximum Gasteiger partial charge on any atom is 0.238 e. The van der Waals surface area contributed by atoms with Crippen molar-refractivity contribution in [1.29, 1.82) is 0 Å². The molecule has 0 aromatic heterocycles. The highest BCUT2D eigenvalue weighted by Gasteiger charge is 2.29. The molecule has 1 unspecified atom stereocenters. The Bertz CT molecular complexity index is 548. The van der Waals surface area contributed by atoms with Gasteiger partial charge in [0.15, 0.2) is 0 Å². The summed E-state index contributed by atoms with van der Waals surface area (Å²) in [5.41, 5.74) is 1.55. The summed E-state index contributed by atoms with van der Waals surface area (Å²) in [5.74, 6) is -0.135. The molecule has 1 aliphatic heterocycles. The molecule has 2 N–H and O–H groups in total. The number of halogens is 1. The number of hydrogen-bond donors (Lipinski definition) is 2. The van der Waals surface area contributed by atoms with Gasteiger partial charge in [-0.3, -0.25) is 14.5 Å². The minimum absolute atomic E-state index is 0.00418. The van der Waals surface area contributed by atoms with Crippen LogP contribution in [0, 0.1) is 6.92 Å². The van der Waals surface area contributed by atoms with Gasteiger partial charge < -0.3 is 10.6 Å². The van der Waals surface area contributed by atoms with Crippen LogP contribution in [-0.4, -0.2) is 42.4 Å². The number of carbonyl (C=O) groups is 2. The van der Waals surface area contributed by atoms with Crippen LogP contribution < -0.4 is 10.6 Å². The van der Waals surface area contributed by atoms with E-state index in [1.165, 1.54) is 0 Å². The zero-order valence-electron chi connectivity index (χ0n) is 12.3. The van der Waals surface area contributed by atoms with Gasteiger partial charge in [0.25, 0.3) is 0 Å². The van der Waals surface area contributed by atoms with Crippen molar-refractivity contribution in [3.63, 3.8) is 0 Å². The maximum absolute atomic E-state index is 12.2. The summed E-state index contributed by atoms with van der Waals surface area (Å²) < 4.78 is 0. The molecule has 1 fully saturated rings. The van der Waals surface area contributed by atoms with Crippen molar-refractivity contribution in [3.05, 3.63) is 28.8 Å². The second kappa shape index (κ2) is 6.91. The Labute approximate surface area is 129 Å². The molecule has 0 saturated carbocycles. The number of benzene rings is 1. The molecular formula is C15H20ClN3O2. The lowest BCUT2D eigenvalue weighted by atomic mass is 10.1. The number of nitrogens with one attached hydrogen (secondary N) is 2. The summed E-state index contributed by atoms with van der Waals surface area (Å²) in [4.78, 5) is 25.9. The number of amides is 2. The molecule has 0 bridgehead atoms. The van der Waals surface area contributed by atoms with Gasteiger partial charge in [0.2, 0.25) is 11.8 Å². The van der Waals surface area contributed by atoms with E-state index in [9.17, 15) is 9.59 Å². The van der Waals surface area contributed by atoms with E-state index in [4.69, 9.17) is 11.6 Å². The zero-order valence-corrected chi connectivity index (χ0v) is 13.0. The van der Waals surface area contributed by atoms with Gasteiger partial charge in [-0.25, -0.2) is 0 Å². The third-order valence-electron chi connectivity index (χ3n) is 3.72. The molecule has 0 aliphatic carbocycles. The number of rotatable bonds is 4. The molecule has 2 amide bonds. The molecule has 0 spiro atoms. The van der Waals surface area contributed by atoms with Crippen LogP contribution in [0.3, 0.4) is 0 Å². The summed E-state index contributed by atoms with van der Waals surface area (Å²) in [7, 11) is 0. The fourth-order valence-corrected chi connectivity index (χ4v) is 2.69. The molecule has 0 radical (unpaired) electrons. The highest BCUT2D eigenvalue weighted by Crippen LogP contribution is 2.23. The smallest absolute Gasteiger partial charge is 0.238 e. The quantitative estimate of drug-likeness (QED) is 0.891. The van der Waals surface area contributed by atoms with Crippen molar-refractivity contribution >= 4 is 29.1 Å². The van der Waals surface area contributed by atoms with Crippen LogP contribution in [0.4, 0.5) is 5.69 Å². The van der Waals surface area contributed by atoms with Gasteiger partial charge in [-0.2, -0.15) is 0 Å². The van der Waals surface area contributed by atoms with E-state index in [-0.39, 0.29) is 24.4 Å². The molecule has 21 heavy (non-hydrogen) atoms. The molecule has 1 atom stereocenters. The largest absolute Gasteiger partial charge is 0.353 e. The number of piperazine rings is 1. The number of nitrogens with zero attached hydrogens (tertiary/aromatic N) is 1. The summed E-state index contributed by atoms with van der Waals surface area (Å²) in [6.45, 7) is 5.28. The molecule has 1 aromatic carbocycles. The Morgan fingerprint density at radius 1 is 1.52 bits per heavy atom. The van der Waals surface area contributed by atoms with E-state index in [2.05, 4.69) is 10.6 Å². The predicted molar refractivity (Wildman–Crippen MR) is 83.5 cm³/mol. The van der Waals surface area contributed by atoms with Crippen molar-refractivity contribution in [3.8, 4) is 0 Å². The summed E-state index contributed by atoms with van der Waals surface area (Å²) in [5, 5.41) is 6.31. The maximum atomic E-state index is 12.2.